The fourth-order valence-electron chi connectivity index (χ4n) is 2.02. The van der Waals surface area contributed by atoms with Crippen molar-refractivity contribution in [3.8, 4) is 11.5 Å². The Morgan fingerprint density at radius 2 is 1.90 bits per heavy atom. The number of halogens is 3. The third-order valence-corrected chi connectivity index (χ3v) is 3.63. The number of hydrogen-bond donors (Lipinski definition) is 1. The molecule has 1 aliphatic rings. The van der Waals surface area contributed by atoms with E-state index in [1.807, 2.05) is 6.07 Å². The molecule has 1 saturated carbocycles. The average molecular weight is 310 g/mol. The summed E-state index contributed by atoms with van der Waals surface area (Å²) in [4.78, 5) is 0. The summed E-state index contributed by atoms with van der Waals surface area (Å²) in [5.74, 6) is -1.77. The molecule has 110 valence electrons. The molecule has 0 radical (unpaired) electrons. The van der Waals surface area contributed by atoms with E-state index in [0.717, 1.165) is 24.5 Å². The highest BCUT2D eigenvalue weighted by atomic mass is 35.5. The number of nitrogens with one attached hydrogen (secondary N) is 1. The Labute approximate surface area is 126 Å². The Hall–Kier alpha value is -1.65. The monoisotopic (exact) mass is 309 g/mol. The van der Waals surface area contributed by atoms with Crippen LogP contribution in [0.25, 0.3) is 0 Å². The lowest BCUT2D eigenvalue weighted by Gasteiger charge is -2.14. The topological polar surface area (TPSA) is 21.3 Å². The van der Waals surface area contributed by atoms with Crippen molar-refractivity contribution >= 4 is 11.6 Å². The van der Waals surface area contributed by atoms with Crippen molar-refractivity contribution in [2.75, 3.05) is 0 Å². The summed E-state index contributed by atoms with van der Waals surface area (Å²) < 4.78 is 32.5. The summed E-state index contributed by atoms with van der Waals surface area (Å²) in [6.07, 6.45) is 2.32. The van der Waals surface area contributed by atoms with E-state index in [0.29, 0.717) is 23.4 Å². The quantitative estimate of drug-likeness (QED) is 0.867. The molecular weight excluding hydrogens is 296 g/mol. The standard InChI is InChI=1S/C16H14ClF2NO/c17-12-4-1-3-10(9-20-11-7-8-11)16(12)21-14-6-2-5-13(18)15(14)19/h1-6,11,20H,7-9H2. The second-order valence-electron chi connectivity index (χ2n) is 5.04. The molecule has 0 bridgehead atoms. The average Bonchev–Trinajstić information content (AvgIpc) is 3.28. The van der Waals surface area contributed by atoms with Crippen LogP contribution in [0.4, 0.5) is 8.78 Å². The largest absolute Gasteiger partial charge is 0.452 e. The normalized spacial score (nSPS) is 14.2. The lowest BCUT2D eigenvalue weighted by atomic mass is 10.2. The van der Waals surface area contributed by atoms with E-state index in [9.17, 15) is 8.78 Å². The maximum atomic E-state index is 13.7. The van der Waals surface area contributed by atoms with Gasteiger partial charge in [-0.15, -0.1) is 0 Å². The summed E-state index contributed by atoms with van der Waals surface area (Å²) in [6, 6.07) is 9.67. The van der Waals surface area contributed by atoms with Gasteiger partial charge in [0.1, 0.15) is 0 Å². The molecule has 1 N–H and O–H groups in total. The second kappa shape index (κ2) is 6.00. The molecule has 0 aromatic heterocycles. The van der Waals surface area contributed by atoms with Crippen molar-refractivity contribution in [3.63, 3.8) is 0 Å². The van der Waals surface area contributed by atoms with Gasteiger partial charge in [-0.3, -0.25) is 0 Å². The molecule has 21 heavy (non-hydrogen) atoms. The molecule has 5 heteroatoms. The predicted molar refractivity (Wildman–Crippen MR) is 77.7 cm³/mol. The molecule has 0 heterocycles. The van der Waals surface area contributed by atoms with Crippen LogP contribution in [0.15, 0.2) is 36.4 Å². The minimum atomic E-state index is -1.02. The van der Waals surface area contributed by atoms with Gasteiger partial charge in [-0.1, -0.05) is 29.8 Å². The van der Waals surface area contributed by atoms with Gasteiger partial charge in [-0.2, -0.15) is 4.39 Å². The van der Waals surface area contributed by atoms with E-state index >= 15 is 0 Å². The Balaban J connectivity index is 1.87. The van der Waals surface area contributed by atoms with Gasteiger partial charge in [0.25, 0.3) is 0 Å². The highest BCUT2D eigenvalue weighted by molar-refractivity contribution is 6.32. The molecule has 2 nitrogen and oxygen atoms in total. The Bertz CT molecular complexity index is 659. The molecule has 1 aliphatic carbocycles. The van der Waals surface area contributed by atoms with Gasteiger partial charge in [0.2, 0.25) is 5.82 Å². The van der Waals surface area contributed by atoms with E-state index in [1.165, 1.54) is 12.1 Å². The molecule has 0 spiro atoms. The van der Waals surface area contributed by atoms with Crippen LogP contribution >= 0.6 is 11.6 Å². The molecule has 0 saturated heterocycles. The summed E-state index contributed by atoms with van der Waals surface area (Å²) in [6.45, 7) is 0.581. The zero-order valence-corrected chi connectivity index (χ0v) is 12.0. The molecule has 2 aromatic carbocycles. The smallest absolute Gasteiger partial charge is 0.201 e. The first-order chi connectivity index (χ1) is 10.1. The third kappa shape index (κ3) is 3.34. The van der Waals surface area contributed by atoms with Crippen LogP contribution in [-0.2, 0) is 6.54 Å². The number of benzene rings is 2. The van der Waals surface area contributed by atoms with Crippen LogP contribution in [0.2, 0.25) is 5.02 Å². The highest BCUT2D eigenvalue weighted by Crippen LogP contribution is 2.35. The molecule has 2 aromatic rings. The summed E-state index contributed by atoms with van der Waals surface area (Å²) in [7, 11) is 0. The summed E-state index contributed by atoms with van der Waals surface area (Å²) >= 11 is 6.13. The minimum Gasteiger partial charge on any atom is -0.452 e. The maximum absolute atomic E-state index is 13.7. The van der Waals surface area contributed by atoms with Crippen LogP contribution in [0.1, 0.15) is 18.4 Å². The van der Waals surface area contributed by atoms with Crippen molar-refractivity contribution in [1.29, 1.82) is 0 Å². The summed E-state index contributed by atoms with van der Waals surface area (Å²) in [5.41, 5.74) is 0.818. The van der Waals surface area contributed by atoms with Gasteiger partial charge < -0.3 is 10.1 Å². The number of para-hydroxylation sites is 1. The van der Waals surface area contributed by atoms with Crippen LogP contribution in [0.5, 0.6) is 11.5 Å². The van der Waals surface area contributed by atoms with Crippen molar-refractivity contribution in [1.82, 2.24) is 5.32 Å². The van der Waals surface area contributed by atoms with Gasteiger partial charge >= 0.3 is 0 Å². The molecule has 0 unspecified atom stereocenters. The molecule has 3 rings (SSSR count). The van der Waals surface area contributed by atoms with Crippen molar-refractivity contribution < 1.29 is 13.5 Å². The van der Waals surface area contributed by atoms with Crippen molar-refractivity contribution in [2.24, 2.45) is 0 Å². The first kappa shape index (κ1) is 14.3. The van der Waals surface area contributed by atoms with E-state index in [4.69, 9.17) is 16.3 Å². The van der Waals surface area contributed by atoms with Crippen LogP contribution in [0, 0.1) is 11.6 Å². The van der Waals surface area contributed by atoms with E-state index in [-0.39, 0.29) is 5.75 Å². The molecular formula is C16H14ClF2NO. The van der Waals surface area contributed by atoms with E-state index < -0.39 is 11.6 Å². The number of hydrogen-bond acceptors (Lipinski definition) is 2. The SMILES string of the molecule is Fc1cccc(Oc2c(Cl)cccc2CNC2CC2)c1F. The lowest BCUT2D eigenvalue weighted by Crippen LogP contribution is -2.15. The molecule has 0 aliphatic heterocycles. The summed E-state index contributed by atoms with van der Waals surface area (Å²) in [5, 5.41) is 3.72. The van der Waals surface area contributed by atoms with Crippen LogP contribution in [-0.4, -0.2) is 6.04 Å². The third-order valence-electron chi connectivity index (χ3n) is 3.34. The second-order valence-corrected chi connectivity index (χ2v) is 5.44. The van der Waals surface area contributed by atoms with Gasteiger partial charge in [0.15, 0.2) is 17.3 Å². The van der Waals surface area contributed by atoms with Crippen LogP contribution in [0.3, 0.4) is 0 Å². The fourth-order valence-corrected chi connectivity index (χ4v) is 2.25. The lowest BCUT2D eigenvalue weighted by molar-refractivity contribution is 0.412. The van der Waals surface area contributed by atoms with E-state index in [1.54, 1.807) is 12.1 Å². The van der Waals surface area contributed by atoms with Gasteiger partial charge in [-0.05, 0) is 31.0 Å². The Kier molecular flexibility index (Phi) is 4.08. The van der Waals surface area contributed by atoms with Gasteiger partial charge in [0, 0.05) is 18.2 Å². The zero-order valence-electron chi connectivity index (χ0n) is 11.2. The molecule has 0 atom stereocenters. The first-order valence-electron chi connectivity index (χ1n) is 6.78. The van der Waals surface area contributed by atoms with Gasteiger partial charge in [-0.25, -0.2) is 4.39 Å². The van der Waals surface area contributed by atoms with E-state index in [2.05, 4.69) is 5.32 Å². The minimum absolute atomic E-state index is 0.171. The van der Waals surface area contributed by atoms with Gasteiger partial charge in [0.05, 0.1) is 5.02 Å². The van der Waals surface area contributed by atoms with Crippen molar-refractivity contribution in [2.45, 2.75) is 25.4 Å². The molecule has 1 fully saturated rings. The number of rotatable bonds is 5. The predicted octanol–water partition coefficient (Wildman–Crippen LogP) is 4.66. The molecule has 0 amide bonds. The number of ether oxygens (including phenoxy) is 1. The zero-order chi connectivity index (χ0) is 14.8. The first-order valence-corrected chi connectivity index (χ1v) is 7.15. The van der Waals surface area contributed by atoms with Crippen molar-refractivity contribution in [3.05, 3.63) is 58.6 Å². The Morgan fingerprint density at radius 1 is 1.14 bits per heavy atom. The van der Waals surface area contributed by atoms with Crippen LogP contribution < -0.4 is 10.1 Å². The fraction of sp³-hybridized carbons (Fsp3) is 0.250. The highest BCUT2D eigenvalue weighted by Gasteiger charge is 2.21. The maximum Gasteiger partial charge on any atom is 0.201 e. The Morgan fingerprint density at radius 3 is 2.67 bits per heavy atom.